The van der Waals surface area contributed by atoms with Crippen molar-refractivity contribution in [1.29, 1.82) is 0 Å². The van der Waals surface area contributed by atoms with Gasteiger partial charge in [-0.05, 0) is 27.7 Å². The number of nitrogens with one attached hydrogen (secondary N) is 1. The topological polar surface area (TPSA) is 99.0 Å². The molecule has 8 nitrogen and oxygen atoms in total. The summed E-state index contributed by atoms with van der Waals surface area (Å²) in [4.78, 5) is 28.8. The average Bonchev–Trinajstić information content (AvgIpc) is 3.16. The second-order valence-electron chi connectivity index (χ2n) is 6.45. The van der Waals surface area contributed by atoms with Crippen molar-refractivity contribution in [2.45, 2.75) is 58.7 Å². The minimum absolute atomic E-state index is 0.177. The van der Waals surface area contributed by atoms with E-state index in [9.17, 15) is 9.59 Å². The van der Waals surface area contributed by atoms with E-state index in [1.54, 1.807) is 13.8 Å². The van der Waals surface area contributed by atoms with Crippen molar-refractivity contribution < 1.29 is 14.3 Å². The molecule has 0 aliphatic carbocycles. The van der Waals surface area contributed by atoms with Gasteiger partial charge in [-0.15, -0.1) is 10.2 Å². The zero-order chi connectivity index (χ0) is 20.1. The molecule has 2 heterocycles. The van der Waals surface area contributed by atoms with Crippen LogP contribution in [-0.2, 0) is 9.53 Å². The number of aryl methyl sites for hydroxylation is 1. The molecule has 0 aliphatic rings. The SMILES string of the molecule is CCOC(=O)c1sc(NC(=O)CSc2nnc(C(C)C)n2C(C)C)nc1C. The molecule has 0 atom stereocenters. The zero-order valence-electron chi connectivity index (χ0n) is 16.4. The van der Waals surface area contributed by atoms with Gasteiger partial charge in [0, 0.05) is 12.0 Å². The van der Waals surface area contributed by atoms with Crippen LogP contribution in [0.15, 0.2) is 5.16 Å². The van der Waals surface area contributed by atoms with Gasteiger partial charge in [-0.3, -0.25) is 4.79 Å². The molecular weight excluding hydrogens is 386 g/mol. The summed E-state index contributed by atoms with van der Waals surface area (Å²) in [7, 11) is 0. The van der Waals surface area contributed by atoms with E-state index in [1.165, 1.54) is 11.8 Å². The molecule has 27 heavy (non-hydrogen) atoms. The van der Waals surface area contributed by atoms with Crippen LogP contribution in [0.1, 0.15) is 67.8 Å². The number of rotatable bonds is 8. The summed E-state index contributed by atoms with van der Waals surface area (Å²) in [5, 5.41) is 12.3. The van der Waals surface area contributed by atoms with Crippen LogP contribution in [0.4, 0.5) is 5.13 Å². The van der Waals surface area contributed by atoms with Gasteiger partial charge in [0.2, 0.25) is 5.91 Å². The second-order valence-corrected chi connectivity index (χ2v) is 8.39. The lowest BCUT2D eigenvalue weighted by Gasteiger charge is -2.15. The number of thiazole rings is 1. The quantitative estimate of drug-likeness (QED) is 0.523. The molecule has 0 bridgehead atoms. The molecule has 0 unspecified atom stereocenters. The predicted octanol–water partition coefficient (Wildman–Crippen LogP) is 3.65. The van der Waals surface area contributed by atoms with Crippen molar-refractivity contribution in [2.24, 2.45) is 0 Å². The first-order chi connectivity index (χ1) is 12.7. The summed E-state index contributed by atoms with van der Waals surface area (Å²) in [5.41, 5.74) is 0.544. The molecule has 2 aromatic heterocycles. The Kier molecular flexibility index (Phi) is 7.37. The van der Waals surface area contributed by atoms with Crippen LogP contribution < -0.4 is 5.32 Å². The lowest BCUT2D eigenvalue weighted by atomic mass is 10.2. The number of hydrogen-bond donors (Lipinski definition) is 1. The molecule has 0 aromatic carbocycles. The Balaban J connectivity index is 2.01. The van der Waals surface area contributed by atoms with E-state index in [4.69, 9.17) is 4.74 Å². The molecule has 0 saturated heterocycles. The molecule has 0 saturated carbocycles. The fourth-order valence-corrected chi connectivity index (χ4v) is 4.14. The van der Waals surface area contributed by atoms with Crippen molar-refractivity contribution in [2.75, 3.05) is 17.7 Å². The van der Waals surface area contributed by atoms with E-state index in [1.807, 2.05) is 0 Å². The molecule has 0 spiro atoms. The van der Waals surface area contributed by atoms with Crippen LogP contribution >= 0.6 is 23.1 Å². The molecular formula is C17H25N5O3S2. The van der Waals surface area contributed by atoms with Crippen LogP contribution in [-0.4, -0.2) is 44.0 Å². The predicted molar refractivity (Wildman–Crippen MR) is 107 cm³/mol. The van der Waals surface area contributed by atoms with Gasteiger partial charge < -0.3 is 14.6 Å². The molecule has 2 aromatic rings. The number of carbonyl (C=O) groups is 2. The Labute approximate surface area is 167 Å². The van der Waals surface area contributed by atoms with Gasteiger partial charge in [0.1, 0.15) is 10.7 Å². The molecule has 0 aliphatic heterocycles. The summed E-state index contributed by atoms with van der Waals surface area (Å²) in [5.74, 6) is 0.698. The van der Waals surface area contributed by atoms with Crippen molar-refractivity contribution in [3.05, 3.63) is 16.4 Å². The lowest BCUT2D eigenvalue weighted by molar-refractivity contribution is -0.113. The Hall–Kier alpha value is -1.94. The van der Waals surface area contributed by atoms with Gasteiger partial charge in [0.15, 0.2) is 10.3 Å². The van der Waals surface area contributed by atoms with Crippen molar-refractivity contribution >= 4 is 40.1 Å². The fraction of sp³-hybridized carbons (Fsp3) is 0.588. The van der Waals surface area contributed by atoms with Crippen LogP contribution in [0.25, 0.3) is 0 Å². The normalized spacial score (nSPS) is 11.3. The summed E-state index contributed by atoms with van der Waals surface area (Å²) in [6, 6.07) is 0.205. The van der Waals surface area contributed by atoms with Gasteiger partial charge >= 0.3 is 5.97 Å². The monoisotopic (exact) mass is 411 g/mol. The van der Waals surface area contributed by atoms with Crippen LogP contribution in [0.5, 0.6) is 0 Å². The van der Waals surface area contributed by atoms with Crippen molar-refractivity contribution in [1.82, 2.24) is 19.7 Å². The molecule has 2 rings (SSSR count). The summed E-state index contributed by atoms with van der Waals surface area (Å²) < 4.78 is 7.04. The standard InChI is InChI=1S/C17H25N5O3S2/c1-7-25-15(24)13-11(6)18-16(27-13)19-12(23)8-26-17-21-20-14(9(2)3)22(17)10(4)5/h9-10H,7-8H2,1-6H3,(H,18,19,23). The van der Waals surface area contributed by atoms with Gasteiger partial charge in [0.05, 0.1) is 18.1 Å². The zero-order valence-corrected chi connectivity index (χ0v) is 18.0. The first kappa shape index (κ1) is 21.4. The maximum absolute atomic E-state index is 12.3. The maximum atomic E-state index is 12.3. The van der Waals surface area contributed by atoms with Gasteiger partial charge in [0.25, 0.3) is 0 Å². The number of amides is 1. The number of esters is 1. The summed E-state index contributed by atoms with van der Waals surface area (Å²) in [6.45, 7) is 12.0. The number of ether oxygens (including phenoxy) is 1. The number of hydrogen-bond acceptors (Lipinski definition) is 8. The van der Waals surface area contributed by atoms with Crippen LogP contribution in [0.3, 0.4) is 0 Å². The fourth-order valence-electron chi connectivity index (χ4n) is 2.39. The number of thioether (sulfide) groups is 1. The molecule has 148 valence electrons. The minimum atomic E-state index is -0.423. The van der Waals surface area contributed by atoms with E-state index in [0.717, 1.165) is 17.2 Å². The van der Waals surface area contributed by atoms with E-state index < -0.39 is 5.97 Å². The molecule has 0 radical (unpaired) electrons. The average molecular weight is 412 g/mol. The summed E-state index contributed by atoms with van der Waals surface area (Å²) in [6.07, 6.45) is 0. The van der Waals surface area contributed by atoms with Gasteiger partial charge in [-0.25, -0.2) is 9.78 Å². The van der Waals surface area contributed by atoms with Gasteiger partial charge in [-0.1, -0.05) is 36.9 Å². The largest absolute Gasteiger partial charge is 0.462 e. The van der Waals surface area contributed by atoms with Crippen LogP contribution in [0.2, 0.25) is 0 Å². The number of carbonyl (C=O) groups excluding carboxylic acids is 2. The van der Waals surface area contributed by atoms with E-state index >= 15 is 0 Å². The number of aromatic nitrogens is 4. The second kappa shape index (κ2) is 9.32. The molecule has 1 N–H and O–H groups in total. The molecule has 10 heteroatoms. The first-order valence-corrected chi connectivity index (χ1v) is 10.6. The third-order valence-electron chi connectivity index (χ3n) is 3.56. The smallest absolute Gasteiger partial charge is 0.350 e. The highest BCUT2D eigenvalue weighted by atomic mass is 32.2. The Morgan fingerprint density at radius 3 is 2.56 bits per heavy atom. The lowest BCUT2D eigenvalue weighted by Crippen LogP contribution is -2.15. The van der Waals surface area contributed by atoms with E-state index in [2.05, 4.69) is 52.8 Å². The highest BCUT2D eigenvalue weighted by molar-refractivity contribution is 7.99. The third-order valence-corrected chi connectivity index (χ3v) is 5.56. The highest BCUT2D eigenvalue weighted by Crippen LogP contribution is 2.26. The van der Waals surface area contributed by atoms with Crippen molar-refractivity contribution in [3.63, 3.8) is 0 Å². The van der Waals surface area contributed by atoms with Crippen LogP contribution in [0, 0.1) is 6.92 Å². The van der Waals surface area contributed by atoms with Gasteiger partial charge in [-0.2, -0.15) is 0 Å². The summed E-state index contributed by atoms with van der Waals surface area (Å²) >= 11 is 2.44. The van der Waals surface area contributed by atoms with E-state index in [0.29, 0.717) is 27.5 Å². The highest BCUT2D eigenvalue weighted by Gasteiger charge is 2.20. The number of anilines is 1. The van der Waals surface area contributed by atoms with Crippen molar-refractivity contribution in [3.8, 4) is 0 Å². The Morgan fingerprint density at radius 2 is 1.96 bits per heavy atom. The minimum Gasteiger partial charge on any atom is -0.462 e. The third kappa shape index (κ3) is 5.29. The Morgan fingerprint density at radius 1 is 1.26 bits per heavy atom. The molecule has 0 fully saturated rings. The van der Waals surface area contributed by atoms with E-state index in [-0.39, 0.29) is 23.6 Å². The Bertz CT molecular complexity index is 814. The first-order valence-electron chi connectivity index (χ1n) is 8.76. The maximum Gasteiger partial charge on any atom is 0.350 e. The number of nitrogens with zero attached hydrogens (tertiary/aromatic N) is 4. The molecule has 1 amide bonds.